The van der Waals surface area contributed by atoms with Crippen LogP contribution in [0, 0.1) is 0 Å². The molecule has 0 fully saturated rings. The molecular weight excluding hydrogens is 306 g/mol. The average molecular weight is 325 g/mol. The highest BCUT2D eigenvalue weighted by atomic mass is 32.2. The minimum Gasteiger partial charge on any atom is -0.380 e. The van der Waals surface area contributed by atoms with Gasteiger partial charge >= 0.3 is 0 Å². The Morgan fingerprint density at radius 1 is 1.14 bits per heavy atom. The van der Waals surface area contributed by atoms with Crippen LogP contribution in [0.15, 0.2) is 47.8 Å². The summed E-state index contributed by atoms with van der Waals surface area (Å²) in [6, 6.07) is 13.5. The first kappa shape index (κ1) is 16.2. The monoisotopic (exact) mass is 325 g/mol. The summed E-state index contributed by atoms with van der Waals surface area (Å²) in [4.78, 5) is 1.26. The number of ether oxygens (including phenoxy) is 1. The van der Waals surface area contributed by atoms with Gasteiger partial charge < -0.3 is 4.74 Å². The van der Waals surface area contributed by atoms with E-state index >= 15 is 0 Å². The molecule has 0 spiro atoms. The van der Waals surface area contributed by atoms with E-state index in [2.05, 4.69) is 6.07 Å². The Bertz CT molecular complexity index is 624. The van der Waals surface area contributed by atoms with Crippen LogP contribution < -0.4 is 5.14 Å². The minimum atomic E-state index is -3.53. The molecule has 0 bridgehead atoms. The molecule has 0 aliphatic carbocycles. The van der Waals surface area contributed by atoms with E-state index in [9.17, 15) is 8.42 Å². The zero-order chi connectivity index (χ0) is 15.1. The van der Waals surface area contributed by atoms with Gasteiger partial charge in [-0.15, -0.1) is 11.3 Å². The van der Waals surface area contributed by atoms with Crippen molar-refractivity contribution in [1.29, 1.82) is 0 Å². The number of nitrogens with two attached hydrogens (primary N) is 1. The quantitative estimate of drug-likeness (QED) is 0.758. The van der Waals surface area contributed by atoms with Gasteiger partial charge in [0, 0.05) is 17.2 Å². The average Bonchev–Trinajstić information content (AvgIpc) is 2.95. The molecule has 1 heterocycles. The van der Waals surface area contributed by atoms with Crippen LogP contribution in [-0.2, 0) is 21.2 Å². The molecule has 1 unspecified atom stereocenters. The fourth-order valence-electron chi connectivity index (χ4n) is 2.10. The predicted octanol–water partition coefficient (Wildman–Crippen LogP) is 2.38. The Hall–Kier alpha value is -1.21. The van der Waals surface area contributed by atoms with Gasteiger partial charge in [-0.25, -0.2) is 13.6 Å². The SMILES string of the molecule is NS(=O)(=O)CC(COCCc1cccs1)c1ccccc1. The highest BCUT2D eigenvalue weighted by Crippen LogP contribution is 2.18. The largest absolute Gasteiger partial charge is 0.380 e. The van der Waals surface area contributed by atoms with Crippen LogP contribution in [0.5, 0.6) is 0 Å². The first-order chi connectivity index (χ1) is 10.0. The van der Waals surface area contributed by atoms with Gasteiger partial charge in [-0.05, 0) is 17.0 Å². The molecule has 2 rings (SSSR count). The first-order valence-corrected chi connectivity index (χ1v) is 9.29. The summed E-state index contributed by atoms with van der Waals surface area (Å²) in [7, 11) is -3.53. The number of primary sulfonamides is 1. The maximum atomic E-state index is 11.4. The second-order valence-electron chi connectivity index (χ2n) is 4.84. The van der Waals surface area contributed by atoms with Gasteiger partial charge in [-0.3, -0.25) is 0 Å². The standard InChI is InChI=1S/C15H19NO3S2/c16-21(17,18)12-14(13-5-2-1-3-6-13)11-19-9-8-15-7-4-10-20-15/h1-7,10,14H,8-9,11-12H2,(H2,16,17,18). The third kappa shape index (κ3) is 5.97. The van der Waals surface area contributed by atoms with Crippen LogP contribution in [-0.4, -0.2) is 27.4 Å². The molecular formula is C15H19NO3S2. The summed E-state index contributed by atoms with van der Waals surface area (Å²) in [5.41, 5.74) is 0.933. The maximum Gasteiger partial charge on any atom is 0.209 e. The lowest BCUT2D eigenvalue weighted by atomic mass is 10.0. The molecule has 21 heavy (non-hydrogen) atoms. The van der Waals surface area contributed by atoms with Crippen molar-refractivity contribution < 1.29 is 13.2 Å². The molecule has 6 heteroatoms. The molecule has 1 atom stereocenters. The fraction of sp³-hybridized carbons (Fsp3) is 0.333. The fourth-order valence-corrected chi connectivity index (χ4v) is 3.64. The molecule has 0 saturated heterocycles. The van der Waals surface area contributed by atoms with Crippen LogP contribution in [0.4, 0.5) is 0 Å². The third-order valence-corrected chi connectivity index (χ3v) is 4.90. The second-order valence-corrected chi connectivity index (χ2v) is 7.53. The molecule has 1 aromatic carbocycles. The summed E-state index contributed by atoms with van der Waals surface area (Å²) < 4.78 is 28.4. The van der Waals surface area contributed by atoms with Gasteiger partial charge in [0.15, 0.2) is 0 Å². The second kappa shape index (κ2) is 7.70. The van der Waals surface area contributed by atoms with E-state index in [0.29, 0.717) is 13.2 Å². The van der Waals surface area contributed by atoms with Crippen LogP contribution in [0.2, 0.25) is 0 Å². The van der Waals surface area contributed by atoms with Crippen LogP contribution >= 0.6 is 11.3 Å². The minimum absolute atomic E-state index is 0.101. The number of thiophene rings is 1. The molecule has 0 aliphatic rings. The van der Waals surface area contributed by atoms with Crippen LogP contribution in [0.1, 0.15) is 16.4 Å². The maximum absolute atomic E-state index is 11.4. The molecule has 0 amide bonds. The molecule has 0 aliphatic heterocycles. The summed E-state index contributed by atoms with van der Waals surface area (Å²) in [6.45, 7) is 0.931. The Balaban J connectivity index is 1.90. The summed E-state index contributed by atoms with van der Waals surface area (Å²) in [6.07, 6.45) is 0.842. The van der Waals surface area contributed by atoms with Gasteiger partial charge in [-0.2, -0.15) is 0 Å². The number of rotatable bonds is 8. The number of sulfonamides is 1. The van der Waals surface area contributed by atoms with E-state index in [1.54, 1.807) is 11.3 Å². The van der Waals surface area contributed by atoms with Crippen molar-refractivity contribution in [2.75, 3.05) is 19.0 Å². The van der Waals surface area contributed by atoms with E-state index in [-0.39, 0.29) is 11.7 Å². The lowest BCUT2D eigenvalue weighted by Gasteiger charge is -2.16. The van der Waals surface area contributed by atoms with E-state index in [4.69, 9.17) is 9.88 Å². The van der Waals surface area contributed by atoms with Crippen LogP contribution in [0.3, 0.4) is 0 Å². The first-order valence-electron chi connectivity index (χ1n) is 6.70. The van der Waals surface area contributed by atoms with Crippen molar-refractivity contribution in [2.45, 2.75) is 12.3 Å². The molecule has 2 aromatic rings. The zero-order valence-corrected chi connectivity index (χ0v) is 13.3. The number of benzene rings is 1. The lowest BCUT2D eigenvalue weighted by Crippen LogP contribution is -2.25. The Labute approximate surface area is 129 Å². The highest BCUT2D eigenvalue weighted by molar-refractivity contribution is 7.89. The molecule has 114 valence electrons. The normalized spacial score (nSPS) is 13.2. The topological polar surface area (TPSA) is 69.4 Å². The van der Waals surface area contributed by atoms with E-state index in [0.717, 1.165) is 12.0 Å². The van der Waals surface area contributed by atoms with Crippen molar-refractivity contribution in [3.8, 4) is 0 Å². The van der Waals surface area contributed by atoms with Crippen molar-refractivity contribution in [2.24, 2.45) is 5.14 Å². The van der Waals surface area contributed by atoms with Gasteiger partial charge in [0.2, 0.25) is 10.0 Å². The van der Waals surface area contributed by atoms with Crippen molar-refractivity contribution in [1.82, 2.24) is 0 Å². The molecule has 4 nitrogen and oxygen atoms in total. The van der Waals surface area contributed by atoms with Crippen molar-refractivity contribution in [3.05, 3.63) is 58.3 Å². The number of hydrogen-bond donors (Lipinski definition) is 1. The Morgan fingerprint density at radius 3 is 2.52 bits per heavy atom. The van der Waals surface area contributed by atoms with Crippen LogP contribution in [0.25, 0.3) is 0 Å². The van der Waals surface area contributed by atoms with E-state index in [1.807, 2.05) is 41.8 Å². The molecule has 2 N–H and O–H groups in total. The van der Waals surface area contributed by atoms with Gasteiger partial charge in [0.25, 0.3) is 0 Å². The smallest absolute Gasteiger partial charge is 0.209 e. The Morgan fingerprint density at radius 2 is 1.90 bits per heavy atom. The molecule has 0 saturated carbocycles. The lowest BCUT2D eigenvalue weighted by molar-refractivity contribution is 0.127. The van der Waals surface area contributed by atoms with E-state index in [1.165, 1.54) is 4.88 Å². The van der Waals surface area contributed by atoms with E-state index < -0.39 is 10.0 Å². The van der Waals surface area contributed by atoms with Gasteiger partial charge in [-0.1, -0.05) is 36.4 Å². The predicted molar refractivity (Wildman–Crippen MR) is 86.0 cm³/mol. The number of hydrogen-bond acceptors (Lipinski definition) is 4. The highest BCUT2D eigenvalue weighted by Gasteiger charge is 2.18. The van der Waals surface area contributed by atoms with Gasteiger partial charge in [0.1, 0.15) is 0 Å². The molecule has 1 aromatic heterocycles. The summed E-state index contributed by atoms with van der Waals surface area (Å²) in [5.74, 6) is -0.333. The zero-order valence-electron chi connectivity index (χ0n) is 11.6. The Kier molecular flexibility index (Phi) is 5.93. The third-order valence-electron chi connectivity index (χ3n) is 3.10. The van der Waals surface area contributed by atoms with Crippen molar-refractivity contribution in [3.63, 3.8) is 0 Å². The summed E-state index contributed by atoms with van der Waals surface area (Å²) >= 11 is 1.69. The molecule has 0 radical (unpaired) electrons. The van der Waals surface area contributed by atoms with Crippen molar-refractivity contribution >= 4 is 21.4 Å². The van der Waals surface area contributed by atoms with Gasteiger partial charge in [0.05, 0.1) is 19.0 Å². The summed E-state index contributed by atoms with van der Waals surface area (Å²) in [5, 5.41) is 7.20.